The summed E-state index contributed by atoms with van der Waals surface area (Å²) in [5, 5.41) is 15.3. The van der Waals surface area contributed by atoms with Crippen LogP contribution in [-0.4, -0.2) is 37.8 Å². The average Bonchev–Trinajstić information content (AvgIpc) is 2.88. The van der Waals surface area contributed by atoms with Crippen LogP contribution < -0.4 is 0 Å². The Morgan fingerprint density at radius 3 is 2.89 bits per heavy atom. The van der Waals surface area contributed by atoms with E-state index in [2.05, 4.69) is 15.0 Å². The van der Waals surface area contributed by atoms with Crippen molar-refractivity contribution in [2.75, 3.05) is 7.05 Å². The summed E-state index contributed by atoms with van der Waals surface area (Å²) in [4.78, 5) is 16.8. The Morgan fingerprint density at radius 2 is 2.33 bits per heavy atom. The predicted molar refractivity (Wildman–Crippen MR) is 67.5 cm³/mol. The molecule has 0 aliphatic carbocycles. The van der Waals surface area contributed by atoms with Gasteiger partial charge in [0.1, 0.15) is 5.01 Å². The molecule has 0 bridgehead atoms. The second kappa shape index (κ2) is 5.28. The lowest BCUT2D eigenvalue weighted by molar-refractivity contribution is 0.0691. The van der Waals surface area contributed by atoms with Gasteiger partial charge in [-0.2, -0.15) is 5.10 Å². The van der Waals surface area contributed by atoms with Crippen molar-refractivity contribution in [1.29, 1.82) is 0 Å². The van der Waals surface area contributed by atoms with Gasteiger partial charge < -0.3 is 5.11 Å². The fourth-order valence-electron chi connectivity index (χ4n) is 1.63. The fraction of sp³-hybridized carbons (Fsp3) is 0.364. The molecule has 2 rings (SSSR count). The lowest BCUT2D eigenvalue weighted by Crippen LogP contribution is -2.17. The molecule has 1 N–H and O–H groups in total. The Kier molecular flexibility index (Phi) is 3.73. The topological polar surface area (TPSA) is 71.2 Å². The molecule has 0 aromatic carbocycles. The van der Waals surface area contributed by atoms with Crippen LogP contribution in [0, 0.1) is 0 Å². The molecule has 0 amide bonds. The first-order chi connectivity index (χ1) is 8.54. The minimum atomic E-state index is -0.979. The van der Waals surface area contributed by atoms with Crippen molar-refractivity contribution >= 4 is 17.3 Å². The van der Waals surface area contributed by atoms with E-state index >= 15 is 0 Å². The molecule has 6 nitrogen and oxygen atoms in total. The van der Waals surface area contributed by atoms with Gasteiger partial charge in [-0.05, 0) is 7.05 Å². The van der Waals surface area contributed by atoms with Crippen molar-refractivity contribution in [3.8, 4) is 0 Å². The second-order valence-electron chi connectivity index (χ2n) is 4.13. The number of thiazole rings is 1. The van der Waals surface area contributed by atoms with Gasteiger partial charge >= 0.3 is 5.97 Å². The fourth-order valence-corrected chi connectivity index (χ4v) is 2.48. The maximum atomic E-state index is 10.7. The molecule has 0 atom stereocenters. The van der Waals surface area contributed by atoms with E-state index in [-0.39, 0.29) is 5.69 Å². The van der Waals surface area contributed by atoms with E-state index in [9.17, 15) is 4.79 Å². The van der Waals surface area contributed by atoms with Crippen LogP contribution in [0.25, 0.3) is 0 Å². The number of nitrogens with zero attached hydrogens (tertiary/aromatic N) is 4. The second-order valence-corrected chi connectivity index (χ2v) is 5.07. The molecular formula is C11H14N4O2S. The van der Waals surface area contributed by atoms with Crippen LogP contribution in [0.3, 0.4) is 0 Å². The van der Waals surface area contributed by atoms with Crippen LogP contribution in [-0.2, 0) is 20.1 Å². The Labute approximate surface area is 108 Å². The highest BCUT2D eigenvalue weighted by molar-refractivity contribution is 7.09. The van der Waals surface area contributed by atoms with Crippen LogP contribution in [0.4, 0.5) is 0 Å². The molecule has 0 unspecified atom stereocenters. The van der Waals surface area contributed by atoms with Crippen LogP contribution in [0.1, 0.15) is 21.1 Å². The number of carboxylic acids is 1. The van der Waals surface area contributed by atoms with E-state index in [0.29, 0.717) is 6.54 Å². The molecule has 0 radical (unpaired) electrons. The molecule has 0 aliphatic heterocycles. The monoisotopic (exact) mass is 266 g/mol. The van der Waals surface area contributed by atoms with Gasteiger partial charge in [0.25, 0.3) is 0 Å². The number of carbonyl (C=O) groups is 1. The predicted octanol–water partition coefficient (Wildman–Crippen LogP) is 1.21. The first-order valence-corrected chi connectivity index (χ1v) is 6.26. The van der Waals surface area contributed by atoms with Gasteiger partial charge in [0.2, 0.25) is 0 Å². The lowest BCUT2D eigenvalue weighted by Gasteiger charge is -2.13. The van der Waals surface area contributed by atoms with Crippen molar-refractivity contribution in [1.82, 2.24) is 19.7 Å². The summed E-state index contributed by atoms with van der Waals surface area (Å²) in [5.74, 6) is -0.979. The first kappa shape index (κ1) is 12.7. The van der Waals surface area contributed by atoms with Crippen molar-refractivity contribution in [3.63, 3.8) is 0 Å². The maximum absolute atomic E-state index is 10.7. The van der Waals surface area contributed by atoms with Gasteiger partial charge in [-0.3, -0.25) is 9.58 Å². The number of aromatic carboxylic acids is 1. The normalized spacial score (nSPS) is 11.1. The molecule has 96 valence electrons. The number of hydrogen-bond donors (Lipinski definition) is 1. The molecule has 0 fully saturated rings. The summed E-state index contributed by atoms with van der Waals surface area (Å²) >= 11 is 1.37. The van der Waals surface area contributed by atoms with Crippen LogP contribution in [0.5, 0.6) is 0 Å². The lowest BCUT2D eigenvalue weighted by atomic mass is 10.3. The molecule has 0 aliphatic rings. The van der Waals surface area contributed by atoms with E-state index < -0.39 is 5.97 Å². The van der Waals surface area contributed by atoms with E-state index in [0.717, 1.165) is 17.1 Å². The average molecular weight is 266 g/mol. The summed E-state index contributed by atoms with van der Waals surface area (Å²) in [6.45, 7) is 1.39. The summed E-state index contributed by atoms with van der Waals surface area (Å²) < 4.78 is 1.76. The minimum absolute atomic E-state index is 0.116. The zero-order valence-electron chi connectivity index (χ0n) is 10.2. The molecule has 2 heterocycles. The smallest absolute Gasteiger partial charge is 0.355 e. The van der Waals surface area contributed by atoms with Crippen molar-refractivity contribution < 1.29 is 9.90 Å². The molecule has 2 aromatic heterocycles. The third-order valence-corrected chi connectivity index (χ3v) is 3.22. The number of aryl methyl sites for hydroxylation is 1. The maximum Gasteiger partial charge on any atom is 0.355 e. The molecule has 18 heavy (non-hydrogen) atoms. The number of rotatable bonds is 5. The van der Waals surface area contributed by atoms with E-state index in [1.807, 2.05) is 26.5 Å². The summed E-state index contributed by atoms with van der Waals surface area (Å²) in [6.07, 6.45) is 3.78. The van der Waals surface area contributed by atoms with E-state index in [1.54, 1.807) is 10.1 Å². The van der Waals surface area contributed by atoms with Gasteiger partial charge in [-0.25, -0.2) is 9.78 Å². The third-order valence-electron chi connectivity index (χ3n) is 2.39. The van der Waals surface area contributed by atoms with Gasteiger partial charge in [0.05, 0.1) is 12.7 Å². The highest BCUT2D eigenvalue weighted by atomic mass is 32.1. The van der Waals surface area contributed by atoms with Crippen LogP contribution >= 0.6 is 11.3 Å². The Bertz CT molecular complexity index is 549. The standard InChI is InChI=1S/C11H14N4O2S/c1-14(4-8-3-12-15(2)5-8)6-10-13-9(7-18-10)11(16)17/h3,5,7H,4,6H2,1-2H3,(H,16,17). The van der Waals surface area contributed by atoms with Gasteiger partial charge in [0.15, 0.2) is 5.69 Å². The zero-order chi connectivity index (χ0) is 13.1. The Morgan fingerprint density at radius 1 is 1.56 bits per heavy atom. The Hall–Kier alpha value is -1.73. The SMILES string of the molecule is CN(Cc1cnn(C)c1)Cc1nc(C(=O)O)cs1. The Balaban J connectivity index is 1.94. The van der Waals surface area contributed by atoms with Crippen molar-refractivity contribution in [3.05, 3.63) is 34.0 Å². The quantitative estimate of drug-likeness (QED) is 0.880. The third kappa shape index (κ3) is 3.14. The summed E-state index contributed by atoms with van der Waals surface area (Å²) in [6, 6.07) is 0. The summed E-state index contributed by atoms with van der Waals surface area (Å²) in [7, 11) is 3.85. The van der Waals surface area contributed by atoms with Crippen LogP contribution in [0.15, 0.2) is 17.8 Å². The highest BCUT2D eigenvalue weighted by Crippen LogP contribution is 2.13. The molecule has 0 saturated heterocycles. The molecule has 0 saturated carbocycles. The first-order valence-electron chi connectivity index (χ1n) is 5.38. The minimum Gasteiger partial charge on any atom is -0.476 e. The van der Waals surface area contributed by atoms with Gasteiger partial charge in [-0.15, -0.1) is 11.3 Å². The largest absolute Gasteiger partial charge is 0.476 e. The van der Waals surface area contributed by atoms with Crippen molar-refractivity contribution in [2.24, 2.45) is 7.05 Å². The zero-order valence-corrected chi connectivity index (χ0v) is 11.0. The number of hydrogen-bond acceptors (Lipinski definition) is 5. The molecule has 2 aromatic rings. The molecular weight excluding hydrogens is 252 g/mol. The highest BCUT2D eigenvalue weighted by Gasteiger charge is 2.10. The molecule has 7 heteroatoms. The van der Waals surface area contributed by atoms with Gasteiger partial charge in [-0.1, -0.05) is 0 Å². The van der Waals surface area contributed by atoms with Gasteiger partial charge in [0, 0.05) is 30.7 Å². The van der Waals surface area contributed by atoms with Crippen LogP contribution in [0.2, 0.25) is 0 Å². The van der Waals surface area contributed by atoms with E-state index in [1.165, 1.54) is 11.3 Å². The number of carboxylic acid groups (broad SMARTS) is 1. The summed E-state index contributed by atoms with van der Waals surface area (Å²) in [5.41, 5.74) is 1.24. The van der Waals surface area contributed by atoms with E-state index in [4.69, 9.17) is 5.11 Å². The number of aromatic nitrogens is 3. The van der Waals surface area contributed by atoms with Crippen molar-refractivity contribution in [2.45, 2.75) is 13.1 Å². The molecule has 0 spiro atoms.